The number of nitrogens with zero attached hydrogens (tertiary/aromatic N) is 1. The van der Waals surface area contributed by atoms with Crippen LogP contribution in [0, 0.1) is 12.3 Å². The van der Waals surface area contributed by atoms with E-state index in [9.17, 15) is 4.79 Å². The highest BCUT2D eigenvalue weighted by atomic mass is 32.2. The van der Waals surface area contributed by atoms with Gasteiger partial charge in [0.2, 0.25) is 5.91 Å². The molecule has 2 N–H and O–H groups in total. The van der Waals surface area contributed by atoms with Crippen molar-refractivity contribution in [3.05, 3.63) is 36.5 Å². The van der Waals surface area contributed by atoms with Crippen molar-refractivity contribution in [3.63, 3.8) is 0 Å². The number of aromatic nitrogens is 2. The van der Waals surface area contributed by atoms with Gasteiger partial charge in [0.25, 0.3) is 0 Å². The van der Waals surface area contributed by atoms with Crippen molar-refractivity contribution in [2.75, 3.05) is 6.54 Å². The molecule has 0 spiro atoms. The van der Waals surface area contributed by atoms with Crippen LogP contribution in [0.5, 0.6) is 0 Å². The van der Waals surface area contributed by atoms with Gasteiger partial charge in [-0.1, -0.05) is 48.0 Å². The van der Waals surface area contributed by atoms with Crippen LogP contribution in [-0.4, -0.2) is 27.7 Å². The van der Waals surface area contributed by atoms with Crippen LogP contribution in [0.1, 0.15) is 6.92 Å². The first-order valence-corrected chi connectivity index (χ1v) is 7.07. The van der Waals surface area contributed by atoms with Gasteiger partial charge >= 0.3 is 0 Å². The van der Waals surface area contributed by atoms with E-state index >= 15 is 0 Å². The number of terminal acetylenes is 1. The molecule has 0 aliphatic rings. The molecule has 1 heterocycles. The van der Waals surface area contributed by atoms with Gasteiger partial charge in [0.1, 0.15) is 0 Å². The summed E-state index contributed by atoms with van der Waals surface area (Å²) in [5.41, 5.74) is 2.00. The number of carbonyl (C=O) groups is 1. The van der Waals surface area contributed by atoms with Crippen molar-refractivity contribution in [3.8, 4) is 23.6 Å². The molecule has 4 nitrogen and oxygen atoms in total. The Balaban J connectivity index is 2.00. The maximum atomic E-state index is 11.7. The number of hydrogen-bond donors (Lipinski definition) is 2. The quantitative estimate of drug-likeness (QED) is 0.654. The number of H-pyrrole nitrogens is 1. The second-order valence-corrected chi connectivity index (χ2v) is 5.48. The third-order valence-electron chi connectivity index (χ3n) is 2.66. The van der Waals surface area contributed by atoms with Crippen LogP contribution < -0.4 is 5.32 Å². The van der Waals surface area contributed by atoms with Crippen LogP contribution in [0.25, 0.3) is 11.3 Å². The van der Waals surface area contributed by atoms with E-state index in [1.807, 2.05) is 37.3 Å². The lowest BCUT2D eigenvalue weighted by Crippen LogP contribution is -2.31. The molecular weight excluding hydrogens is 270 g/mol. The van der Waals surface area contributed by atoms with E-state index in [-0.39, 0.29) is 17.7 Å². The van der Waals surface area contributed by atoms with Gasteiger partial charge in [-0.25, -0.2) is 4.98 Å². The third-order valence-corrected chi connectivity index (χ3v) is 3.66. The normalized spacial score (nSPS) is 11.6. The molecule has 1 aromatic heterocycles. The largest absolute Gasteiger partial charge is 0.344 e. The minimum absolute atomic E-state index is 0.0920. The van der Waals surface area contributed by atoms with Crippen LogP contribution in [0.2, 0.25) is 0 Å². The summed E-state index contributed by atoms with van der Waals surface area (Å²) in [6, 6.07) is 9.92. The van der Waals surface area contributed by atoms with Gasteiger partial charge in [-0.2, -0.15) is 0 Å². The third kappa shape index (κ3) is 3.65. The summed E-state index contributed by atoms with van der Waals surface area (Å²) >= 11 is 1.37. The average Bonchev–Trinajstić information content (AvgIpc) is 2.94. The fraction of sp³-hybridized carbons (Fsp3) is 0.200. The molecule has 1 unspecified atom stereocenters. The molecular formula is C15H15N3OS. The Bertz CT molecular complexity index is 616. The van der Waals surface area contributed by atoms with Crippen LogP contribution >= 0.6 is 11.8 Å². The summed E-state index contributed by atoms with van der Waals surface area (Å²) in [7, 11) is 0. The van der Waals surface area contributed by atoms with E-state index in [0.29, 0.717) is 5.16 Å². The van der Waals surface area contributed by atoms with Crippen LogP contribution in [0.15, 0.2) is 41.7 Å². The highest BCUT2D eigenvalue weighted by molar-refractivity contribution is 8.00. The molecule has 102 valence electrons. The number of aromatic amines is 1. The molecule has 0 aliphatic carbocycles. The topological polar surface area (TPSA) is 57.8 Å². The molecule has 0 saturated heterocycles. The van der Waals surface area contributed by atoms with Crippen molar-refractivity contribution in [1.82, 2.24) is 15.3 Å². The Morgan fingerprint density at radius 2 is 2.25 bits per heavy atom. The Labute approximate surface area is 122 Å². The summed E-state index contributed by atoms with van der Waals surface area (Å²) in [5.74, 6) is 2.29. The number of hydrogen-bond acceptors (Lipinski definition) is 3. The SMILES string of the molecule is C#CCNC(=O)C(C)Sc1ncc(-c2ccccc2)[nH]1. The molecule has 20 heavy (non-hydrogen) atoms. The molecule has 1 atom stereocenters. The molecule has 5 heteroatoms. The highest BCUT2D eigenvalue weighted by Gasteiger charge is 2.15. The van der Waals surface area contributed by atoms with Gasteiger partial charge in [-0.15, -0.1) is 6.42 Å². The predicted molar refractivity (Wildman–Crippen MR) is 81.2 cm³/mol. The van der Waals surface area contributed by atoms with Gasteiger partial charge in [0.15, 0.2) is 5.16 Å². The minimum Gasteiger partial charge on any atom is -0.344 e. The first-order chi connectivity index (χ1) is 9.70. The van der Waals surface area contributed by atoms with E-state index in [1.54, 1.807) is 6.20 Å². The Morgan fingerprint density at radius 1 is 1.50 bits per heavy atom. The molecule has 2 rings (SSSR count). The Morgan fingerprint density at radius 3 is 2.95 bits per heavy atom. The number of thioether (sulfide) groups is 1. The Hall–Kier alpha value is -2.19. The van der Waals surface area contributed by atoms with Crippen LogP contribution in [0.3, 0.4) is 0 Å². The first kappa shape index (κ1) is 14.2. The van der Waals surface area contributed by atoms with Crippen molar-refractivity contribution < 1.29 is 4.79 Å². The fourth-order valence-corrected chi connectivity index (χ4v) is 2.44. The standard InChI is InChI=1S/C15H15N3OS/c1-3-9-16-14(19)11(2)20-15-17-10-13(18-15)12-7-5-4-6-8-12/h1,4-8,10-11H,9H2,2H3,(H,16,19)(H,17,18). The van der Waals surface area contributed by atoms with Crippen molar-refractivity contribution in [2.24, 2.45) is 0 Å². The van der Waals surface area contributed by atoms with E-state index < -0.39 is 0 Å². The summed E-state index contributed by atoms with van der Waals surface area (Å²) in [6.45, 7) is 2.07. The first-order valence-electron chi connectivity index (χ1n) is 6.19. The summed E-state index contributed by atoms with van der Waals surface area (Å²) in [4.78, 5) is 19.2. The number of carbonyl (C=O) groups excluding carboxylic acids is 1. The molecule has 1 amide bonds. The maximum absolute atomic E-state index is 11.7. The van der Waals surface area contributed by atoms with Crippen molar-refractivity contribution >= 4 is 17.7 Å². The predicted octanol–water partition coefficient (Wildman–Crippen LogP) is 2.31. The second kappa shape index (κ2) is 6.83. The average molecular weight is 285 g/mol. The van der Waals surface area contributed by atoms with E-state index in [2.05, 4.69) is 21.2 Å². The van der Waals surface area contributed by atoms with E-state index in [1.165, 1.54) is 11.8 Å². The second-order valence-electron chi connectivity index (χ2n) is 4.15. The minimum atomic E-state index is -0.252. The zero-order valence-electron chi connectivity index (χ0n) is 11.1. The number of benzene rings is 1. The van der Waals surface area contributed by atoms with Gasteiger partial charge in [0.05, 0.1) is 23.7 Å². The van der Waals surface area contributed by atoms with E-state index in [4.69, 9.17) is 6.42 Å². The lowest BCUT2D eigenvalue weighted by atomic mass is 10.2. The van der Waals surface area contributed by atoms with Crippen molar-refractivity contribution in [1.29, 1.82) is 0 Å². The van der Waals surface area contributed by atoms with E-state index in [0.717, 1.165) is 11.3 Å². The Kier molecular flexibility index (Phi) is 4.85. The zero-order valence-corrected chi connectivity index (χ0v) is 11.9. The van der Waals surface area contributed by atoms with Crippen molar-refractivity contribution in [2.45, 2.75) is 17.3 Å². The zero-order chi connectivity index (χ0) is 14.4. The molecule has 2 aromatic rings. The monoisotopic (exact) mass is 285 g/mol. The molecule has 0 saturated carbocycles. The molecule has 0 radical (unpaired) electrons. The lowest BCUT2D eigenvalue weighted by molar-refractivity contribution is -0.120. The number of rotatable bonds is 5. The molecule has 0 aliphatic heterocycles. The smallest absolute Gasteiger partial charge is 0.234 e. The number of nitrogens with one attached hydrogen (secondary N) is 2. The lowest BCUT2D eigenvalue weighted by Gasteiger charge is -2.08. The number of amides is 1. The van der Waals surface area contributed by atoms with Gasteiger partial charge in [-0.3, -0.25) is 4.79 Å². The molecule has 1 aromatic carbocycles. The highest BCUT2D eigenvalue weighted by Crippen LogP contribution is 2.24. The molecule has 0 fully saturated rings. The van der Waals surface area contributed by atoms with Gasteiger partial charge in [0, 0.05) is 0 Å². The van der Waals surface area contributed by atoms with Gasteiger partial charge in [-0.05, 0) is 12.5 Å². The summed E-state index contributed by atoms with van der Waals surface area (Å²) in [6.07, 6.45) is 6.87. The molecule has 0 bridgehead atoms. The van der Waals surface area contributed by atoms with Crippen LogP contribution in [-0.2, 0) is 4.79 Å². The maximum Gasteiger partial charge on any atom is 0.234 e. The van der Waals surface area contributed by atoms with Gasteiger partial charge < -0.3 is 10.3 Å². The fourth-order valence-electron chi connectivity index (χ4n) is 1.63. The summed E-state index contributed by atoms with van der Waals surface area (Å²) < 4.78 is 0. The van der Waals surface area contributed by atoms with Crippen LogP contribution in [0.4, 0.5) is 0 Å². The number of imidazole rings is 1. The summed E-state index contributed by atoms with van der Waals surface area (Å²) in [5, 5.41) is 3.12.